The van der Waals surface area contributed by atoms with Crippen LogP contribution in [0.15, 0.2) is 32.5 Å². The molecule has 140 valence electrons. The molecule has 13 heteroatoms. The highest BCUT2D eigenvalue weighted by atomic mass is 79.9. The van der Waals surface area contributed by atoms with Crippen molar-refractivity contribution in [3.8, 4) is 0 Å². The summed E-state index contributed by atoms with van der Waals surface area (Å²) in [5.74, 6) is -0.218. The van der Waals surface area contributed by atoms with E-state index in [2.05, 4.69) is 41.4 Å². The van der Waals surface area contributed by atoms with Crippen LogP contribution < -0.4 is 20.1 Å². The fourth-order valence-electron chi connectivity index (χ4n) is 1.90. The lowest BCUT2D eigenvalue weighted by molar-refractivity contribution is -0.106. The number of carbonyl (C=O) groups is 1. The lowest BCUT2D eigenvalue weighted by Gasteiger charge is -2.18. The van der Waals surface area contributed by atoms with Gasteiger partial charge in [0.1, 0.15) is 12.9 Å². The first-order chi connectivity index (χ1) is 12.6. The van der Waals surface area contributed by atoms with E-state index >= 15 is 0 Å². The molecule has 26 heavy (non-hydrogen) atoms. The summed E-state index contributed by atoms with van der Waals surface area (Å²) in [6.07, 6.45) is 0.489. The van der Waals surface area contributed by atoms with Crippen molar-refractivity contribution in [2.45, 2.75) is 0 Å². The topological polar surface area (TPSA) is 131 Å². The lowest BCUT2D eigenvalue weighted by atomic mass is 10.2. The van der Waals surface area contributed by atoms with Crippen molar-refractivity contribution in [1.29, 1.82) is 0 Å². The fraction of sp³-hybridized carbons (Fsp3) is 0.231. The number of benzene rings is 1. The molecule has 10 nitrogen and oxygen atoms in total. The van der Waals surface area contributed by atoms with E-state index in [0.29, 0.717) is 25.2 Å². The molecular weight excluding hydrogens is 433 g/mol. The summed E-state index contributed by atoms with van der Waals surface area (Å²) in [4.78, 5) is 17.6. The number of nitrogens with zero attached hydrogens (tertiary/aromatic N) is 4. The van der Waals surface area contributed by atoms with E-state index in [-0.39, 0.29) is 21.8 Å². The van der Waals surface area contributed by atoms with Gasteiger partial charge in [-0.1, -0.05) is 5.16 Å². The van der Waals surface area contributed by atoms with Crippen LogP contribution in [0.2, 0.25) is 0 Å². The first-order valence-electron chi connectivity index (χ1n) is 7.08. The van der Waals surface area contributed by atoms with E-state index < -0.39 is 5.82 Å². The Bertz CT molecular complexity index is 776. The predicted octanol–water partition coefficient (Wildman–Crippen LogP) is 1.47. The zero-order valence-corrected chi connectivity index (χ0v) is 15.9. The third-order valence-electron chi connectivity index (χ3n) is 3.00. The number of aromatic nitrogens is 2. The Morgan fingerprint density at radius 2 is 2.35 bits per heavy atom. The average molecular weight is 448 g/mol. The molecule has 1 heterocycles. The van der Waals surface area contributed by atoms with Crippen LogP contribution in [-0.4, -0.2) is 42.8 Å². The number of halogens is 2. The van der Waals surface area contributed by atoms with Crippen molar-refractivity contribution >= 4 is 51.8 Å². The van der Waals surface area contributed by atoms with Crippen LogP contribution in [0.5, 0.6) is 0 Å². The van der Waals surface area contributed by atoms with Gasteiger partial charge in [-0.05, 0) is 44.4 Å². The van der Waals surface area contributed by atoms with Gasteiger partial charge in [-0.2, -0.15) is 0 Å². The molecule has 0 aliphatic heterocycles. The Labute approximate surface area is 160 Å². The maximum absolute atomic E-state index is 13.5. The summed E-state index contributed by atoms with van der Waals surface area (Å²) in [5.41, 5.74) is 0.471. The van der Waals surface area contributed by atoms with Crippen LogP contribution in [0, 0.1) is 5.82 Å². The highest BCUT2D eigenvalue weighted by molar-refractivity contribution is 9.10. The molecule has 0 saturated heterocycles. The number of nitrogens with two attached hydrogens (primary N) is 1. The van der Waals surface area contributed by atoms with E-state index in [1.807, 2.05) is 0 Å². The van der Waals surface area contributed by atoms with Crippen LogP contribution in [0.3, 0.4) is 0 Å². The maximum Gasteiger partial charge on any atom is 0.220 e. The molecule has 2 rings (SSSR count). The minimum Gasteiger partial charge on any atom is -0.397 e. The van der Waals surface area contributed by atoms with Crippen molar-refractivity contribution in [3.05, 3.63) is 34.2 Å². The number of hydrogen-bond donors (Lipinski definition) is 3. The van der Waals surface area contributed by atoms with Crippen LogP contribution in [-0.2, 0) is 9.63 Å². The van der Waals surface area contributed by atoms with Gasteiger partial charge in [0.25, 0.3) is 0 Å². The molecule has 0 aliphatic rings. The standard InChI is InChI=1S/C13H15BrFN7O3S/c1-24-21-13(11-12(20-25-19-11)17-4-5-18-26-16)22(7-23)8-2-3-10(15)9(14)6-8/h2-3,6-7,18H,4-5,16H2,1H3,(H,17,20)/b21-13-. The number of carbonyl (C=O) groups excluding carboxylic acids is 1. The number of amides is 1. The van der Waals surface area contributed by atoms with Crippen molar-refractivity contribution < 1.29 is 18.7 Å². The van der Waals surface area contributed by atoms with Gasteiger partial charge in [0.2, 0.25) is 18.1 Å². The largest absolute Gasteiger partial charge is 0.397 e. The summed E-state index contributed by atoms with van der Waals surface area (Å²) in [6, 6.07) is 4.03. The third kappa shape index (κ3) is 4.91. The van der Waals surface area contributed by atoms with Gasteiger partial charge in [0, 0.05) is 25.2 Å². The first kappa shape index (κ1) is 20.1. The smallest absolute Gasteiger partial charge is 0.220 e. The fourth-order valence-corrected chi connectivity index (χ4v) is 2.48. The van der Waals surface area contributed by atoms with E-state index in [4.69, 9.17) is 14.6 Å². The predicted molar refractivity (Wildman–Crippen MR) is 98.8 cm³/mol. The highest BCUT2D eigenvalue weighted by Gasteiger charge is 2.25. The molecule has 0 spiro atoms. The Kier molecular flexibility index (Phi) is 7.77. The third-order valence-corrected chi connectivity index (χ3v) is 3.97. The molecular formula is C13H15BrFN7O3S. The Balaban J connectivity index is 2.33. The van der Waals surface area contributed by atoms with Gasteiger partial charge in [-0.25, -0.2) is 13.7 Å². The van der Waals surface area contributed by atoms with Crippen molar-refractivity contribution in [3.63, 3.8) is 0 Å². The number of amidine groups is 1. The number of rotatable bonds is 9. The summed E-state index contributed by atoms with van der Waals surface area (Å²) in [7, 11) is 1.31. The Hall–Kier alpha value is -2.22. The summed E-state index contributed by atoms with van der Waals surface area (Å²) in [5, 5.41) is 19.6. The van der Waals surface area contributed by atoms with Crippen molar-refractivity contribution in [2.75, 3.05) is 30.4 Å². The van der Waals surface area contributed by atoms with Gasteiger partial charge >= 0.3 is 0 Å². The zero-order chi connectivity index (χ0) is 18.9. The molecule has 0 saturated carbocycles. The lowest BCUT2D eigenvalue weighted by Crippen LogP contribution is -2.32. The van der Waals surface area contributed by atoms with Gasteiger partial charge in [-0.15, -0.1) is 0 Å². The minimum atomic E-state index is -0.472. The average Bonchev–Trinajstić information content (AvgIpc) is 3.10. The van der Waals surface area contributed by atoms with Gasteiger partial charge in [0.15, 0.2) is 5.69 Å². The highest BCUT2D eigenvalue weighted by Crippen LogP contribution is 2.25. The van der Waals surface area contributed by atoms with Crippen molar-refractivity contribution in [2.24, 2.45) is 10.3 Å². The molecule has 1 amide bonds. The zero-order valence-electron chi connectivity index (χ0n) is 13.5. The van der Waals surface area contributed by atoms with Gasteiger partial charge < -0.3 is 10.2 Å². The molecule has 0 fully saturated rings. The van der Waals surface area contributed by atoms with E-state index in [9.17, 15) is 9.18 Å². The van der Waals surface area contributed by atoms with E-state index in [0.717, 1.165) is 17.0 Å². The monoisotopic (exact) mass is 447 g/mol. The second-order valence-corrected chi connectivity index (χ2v) is 5.95. The molecule has 0 atom stereocenters. The molecule has 0 radical (unpaired) electrons. The summed E-state index contributed by atoms with van der Waals surface area (Å²) >= 11 is 4.06. The SMILES string of the molecule is CO/N=C(/c1nonc1NCCNSN)N(C=O)c1ccc(F)c(Br)c1. The molecule has 2 aromatic rings. The van der Waals surface area contributed by atoms with Crippen molar-refractivity contribution in [1.82, 2.24) is 15.0 Å². The van der Waals surface area contributed by atoms with Gasteiger partial charge in [0.05, 0.1) is 10.2 Å². The van der Waals surface area contributed by atoms with E-state index in [1.54, 1.807) is 0 Å². The van der Waals surface area contributed by atoms with Crippen LogP contribution >= 0.6 is 28.1 Å². The number of anilines is 2. The molecule has 4 N–H and O–H groups in total. The quantitative estimate of drug-likeness (QED) is 0.130. The molecule has 0 unspecified atom stereocenters. The Morgan fingerprint density at radius 3 is 3.00 bits per heavy atom. The van der Waals surface area contributed by atoms with Crippen LogP contribution in [0.4, 0.5) is 15.9 Å². The van der Waals surface area contributed by atoms with E-state index in [1.165, 1.54) is 25.3 Å². The summed E-state index contributed by atoms with van der Waals surface area (Å²) < 4.78 is 21.3. The number of oxime groups is 1. The Morgan fingerprint density at radius 1 is 1.54 bits per heavy atom. The minimum absolute atomic E-state index is 0.00548. The number of nitrogens with one attached hydrogen (secondary N) is 2. The maximum atomic E-state index is 13.5. The molecule has 1 aromatic carbocycles. The normalized spacial score (nSPS) is 11.3. The molecule has 0 aliphatic carbocycles. The van der Waals surface area contributed by atoms with Gasteiger partial charge in [-0.3, -0.25) is 14.8 Å². The first-order valence-corrected chi connectivity index (χ1v) is 8.75. The van der Waals surface area contributed by atoms with Crippen LogP contribution in [0.1, 0.15) is 5.69 Å². The number of hydrogen-bond acceptors (Lipinski definition) is 10. The second kappa shape index (κ2) is 10.1. The molecule has 1 aromatic heterocycles. The van der Waals surface area contributed by atoms with Crippen LogP contribution in [0.25, 0.3) is 0 Å². The second-order valence-electron chi connectivity index (χ2n) is 4.57. The molecule has 0 bridgehead atoms. The summed E-state index contributed by atoms with van der Waals surface area (Å²) in [6.45, 7) is 0.987.